The first-order valence-corrected chi connectivity index (χ1v) is 20.6. The van der Waals surface area contributed by atoms with Gasteiger partial charge in [0.2, 0.25) is 0 Å². The van der Waals surface area contributed by atoms with Gasteiger partial charge in [0.05, 0.1) is 0 Å². The van der Waals surface area contributed by atoms with Crippen molar-refractivity contribution in [3.8, 4) is 0 Å². The van der Waals surface area contributed by atoms with E-state index in [0.29, 0.717) is 28.8 Å². The Morgan fingerprint density at radius 1 is 0.820 bits per heavy atom. The van der Waals surface area contributed by atoms with Crippen molar-refractivity contribution in [2.24, 2.45) is 0 Å². The fourth-order valence-corrected chi connectivity index (χ4v) is 4.90. The topological polar surface area (TPSA) is 69.7 Å². The van der Waals surface area contributed by atoms with Gasteiger partial charge in [0, 0.05) is 57.3 Å². The fraction of sp³-hybridized carbons (Fsp3) is 0.218. The largest absolute Gasteiger partial charge is 0.359 e. The Balaban J connectivity index is 0. The summed E-state index contributed by atoms with van der Waals surface area (Å²) in [5.74, 6) is -0.589. The first kappa shape index (κ1) is 56.3. The third kappa shape index (κ3) is 23.4. The molecule has 2 aliphatic carbocycles. The average Bonchev–Trinajstić information content (AvgIpc) is 3.69. The Hall–Kier alpha value is -6.79. The molecule has 1 N–H and O–H groups in total. The zero-order valence-corrected chi connectivity index (χ0v) is 38.0. The van der Waals surface area contributed by atoms with Gasteiger partial charge in [-0.1, -0.05) is 157 Å². The number of anilines is 1. The number of carbonyl (C=O) groups excluding carboxylic acids is 3. The lowest BCUT2D eigenvalue weighted by atomic mass is 10.1. The number of unbranched alkanes of at least 4 members (excludes halogenated alkanes) is 1. The molecule has 61 heavy (non-hydrogen) atoms. The van der Waals surface area contributed by atoms with Crippen molar-refractivity contribution in [3.63, 3.8) is 0 Å². The third-order valence-electron chi connectivity index (χ3n) is 8.11. The molecule has 2 amide bonds. The number of hydrogen-bond donors (Lipinski definition) is 1. The van der Waals surface area contributed by atoms with E-state index in [9.17, 15) is 14.4 Å². The van der Waals surface area contributed by atoms with E-state index in [0.717, 1.165) is 48.5 Å². The lowest BCUT2D eigenvalue weighted by Crippen LogP contribution is -2.30. The van der Waals surface area contributed by atoms with Gasteiger partial charge in [-0.3, -0.25) is 24.2 Å². The average molecular weight is 822 g/mol. The molecule has 0 spiro atoms. The zero-order valence-electron chi connectivity index (χ0n) is 38.0. The summed E-state index contributed by atoms with van der Waals surface area (Å²) in [6, 6.07) is 9.21. The molecular formula is C55H71N3O3. The number of nitrogens with zero attached hydrogens (tertiary/aromatic N) is 2. The van der Waals surface area contributed by atoms with Crippen molar-refractivity contribution in [2.75, 3.05) is 4.90 Å². The second-order valence-corrected chi connectivity index (χ2v) is 12.7. The first-order valence-electron chi connectivity index (χ1n) is 20.6. The van der Waals surface area contributed by atoms with Gasteiger partial charge in [0.1, 0.15) is 6.29 Å². The second-order valence-electron chi connectivity index (χ2n) is 12.7. The van der Waals surface area contributed by atoms with Crippen LogP contribution in [0, 0.1) is 0 Å². The van der Waals surface area contributed by atoms with Crippen LogP contribution in [0.4, 0.5) is 5.69 Å². The van der Waals surface area contributed by atoms with Crippen LogP contribution in [-0.2, 0) is 14.4 Å². The highest BCUT2D eigenvalue weighted by Crippen LogP contribution is 2.27. The molecule has 0 bridgehead atoms. The molecule has 0 atom stereocenters. The van der Waals surface area contributed by atoms with E-state index >= 15 is 0 Å². The maximum atomic E-state index is 13.9. The lowest BCUT2D eigenvalue weighted by molar-refractivity contribution is -0.123. The maximum Gasteiger partial charge on any atom is 0.261 e. The smallest absolute Gasteiger partial charge is 0.261 e. The molecule has 0 unspecified atom stereocenters. The highest BCUT2D eigenvalue weighted by Gasteiger charge is 2.25. The van der Waals surface area contributed by atoms with Crippen molar-refractivity contribution < 1.29 is 14.4 Å². The molecule has 3 rings (SSSR count). The van der Waals surface area contributed by atoms with Crippen molar-refractivity contribution in [3.05, 3.63) is 237 Å². The minimum atomic E-state index is -0.323. The molecule has 1 aromatic rings. The summed E-state index contributed by atoms with van der Waals surface area (Å²) in [5.41, 5.74) is 5.60. The van der Waals surface area contributed by atoms with E-state index in [1.807, 2.05) is 139 Å². The summed E-state index contributed by atoms with van der Waals surface area (Å²) >= 11 is 0. The molecule has 0 saturated heterocycles. The van der Waals surface area contributed by atoms with Gasteiger partial charge in [-0.05, 0) is 95.9 Å². The number of benzene rings is 1. The molecule has 0 aromatic heterocycles. The monoisotopic (exact) mass is 822 g/mol. The van der Waals surface area contributed by atoms with Crippen LogP contribution in [0.5, 0.6) is 0 Å². The molecular weight excluding hydrogens is 751 g/mol. The molecule has 0 radical (unpaired) electrons. The summed E-state index contributed by atoms with van der Waals surface area (Å²) in [7, 11) is 0. The van der Waals surface area contributed by atoms with Crippen molar-refractivity contribution >= 4 is 23.8 Å². The van der Waals surface area contributed by atoms with E-state index in [1.165, 1.54) is 11.0 Å². The van der Waals surface area contributed by atoms with Crippen LogP contribution >= 0.6 is 0 Å². The highest BCUT2D eigenvalue weighted by atomic mass is 16.2. The van der Waals surface area contributed by atoms with Crippen LogP contribution in [0.1, 0.15) is 80.6 Å². The minimum absolute atomic E-state index is 0.172. The Kier molecular flexibility index (Phi) is 33.5. The van der Waals surface area contributed by atoms with E-state index in [2.05, 4.69) is 64.4 Å². The number of para-hydroxylation sites is 1. The van der Waals surface area contributed by atoms with Crippen LogP contribution < -0.4 is 10.2 Å². The number of carbonyl (C=O) groups is 3. The van der Waals surface area contributed by atoms with Crippen molar-refractivity contribution in [1.29, 1.82) is 0 Å². The summed E-state index contributed by atoms with van der Waals surface area (Å²) in [6.45, 7) is 39.0. The quantitative estimate of drug-likeness (QED) is 0.0735. The van der Waals surface area contributed by atoms with E-state index in [1.54, 1.807) is 41.4 Å². The molecule has 6 heteroatoms. The Labute approximate surface area is 369 Å². The molecule has 6 nitrogen and oxygen atoms in total. The first-order chi connectivity index (χ1) is 29.4. The number of amides is 2. The predicted molar refractivity (Wildman–Crippen MR) is 267 cm³/mol. The molecule has 0 saturated carbocycles. The zero-order chi connectivity index (χ0) is 46.4. The molecule has 324 valence electrons. The summed E-state index contributed by atoms with van der Waals surface area (Å²) in [5, 5.41) is 3.15. The van der Waals surface area contributed by atoms with Crippen LogP contribution in [0.3, 0.4) is 0 Å². The van der Waals surface area contributed by atoms with Crippen molar-refractivity contribution in [1.82, 2.24) is 10.2 Å². The third-order valence-corrected chi connectivity index (χ3v) is 8.11. The number of aldehydes is 1. The predicted octanol–water partition coefficient (Wildman–Crippen LogP) is 14.3. The SMILES string of the molecule is C=CC(=C)NC1=CC=CC=CC1.C=CC=C.C=CCC.C=CCC/C=C(\C)N(C(=O)C1=CCC(C(=O)N(C(=C)/C=C\C=C/C)c2ccccc2)=CC(C=O)=C1)/C(C)=C/C.CC. The Morgan fingerprint density at radius 3 is 2.02 bits per heavy atom. The second kappa shape index (κ2) is 36.3. The van der Waals surface area contributed by atoms with Gasteiger partial charge in [-0.2, -0.15) is 0 Å². The fourth-order valence-electron chi connectivity index (χ4n) is 4.90. The van der Waals surface area contributed by atoms with Gasteiger partial charge < -0.3 is 5.32 Å². The van der Waals surface area contributed by atoms with Gasteiger partial charge >= 0.3 is 0 Å². The molecule has 0 fully saturated rings. The lowest BCUT2D eigenvalue weighted by Gasteiger charge is -2.25. The standard InChI is InChI=1S/C34H38N2O3.C11H13N.C4H8.C4H6.C2H6/c1-7-10-13-17-27(5)35(26(4)9-3)33(38)30-21-22-31(24-29(23-30)25-37)34(39)36(28(6)18-14-11-8-2)32-19-15-12-16-20-32;1-3-10(2)12-11-8-6-4-5-7-9-11;2*1-3-4-2;1-2/h7-9,11-12,14-21,23-25H,1,6,10,13,22H2,2-5H3;3-8,12H,1-2,9H2;3H,1,4H2,2H3;3-4H,1-2H2;1-2H3/b11-8-,18-14-,26-9+,27-17+;;;;. The summed E-state index contributed by atoms with van der Waals surface area (Å²) < 4.78 is 0. The maximum absolute atomic E-state index is 13.9. The van der Waals surface area contributed by atoms with Crippen LogP contribution in [-0.4, -0.2) is 23.0 Å². The summed E-state index contributed by atoms with van der Waals surface area (Å²) in [4.78, 5) is 42.7. The molecule has 0 heterocycles. The molecule has 1 aromatic carbocycles. The minimum Gasteiger partial charge on any atom is -0.359 e. The Morgan fingerprint density at radius 2 is 1.48 bits per heavy atom. The normalized spacial score (nSPS) is 12.9. The Bertz CT molecular complexity index is 1930. The van der Waals surface area contributed by atoms with E-state index in [4.69, 9.17) is 0 Å². The van der Waals surface area contributed by atoms with Crippen LogP contribution in [0.15, 0.2) is 237 Å². The number of nitrogens with one attached hydrogen (secondary N) is 1. The number of rotatable bonds is 17. The highest BCUT2D eigenvalue weighted by molar-refractivity contribution is 6.10. The van der Waals surface area contributed by atoms with E-state index < -0.39 is 0 Å². The number of hydrogen-bond acceptors (Lipinski definition) is 4. The van der Waals surface area contributed by atoms with Crippen LogP contribution in [0.2, 0.25) is 0 Å². The van der Waals surface area contributed by atoms with Gasteiger partial charge in [-0.25, -0.2) is 0 Å². The van der Waals surface area contributed by atoms with Gasteiger partial charge in [0.25, 0.3) is 11.8 Å². The molecule has 0 aliphatic heterocycles. The summed E-state index contributed by atoms with van der Waals surface area (Å²) in [6.07, 6.45) is 39.2. The van der Waals surface area contributed by atoms with Gasteiger partial charge in [-0.15, -0.1) is 13.2 Å². The van der Waals surface area contributed by atoms with Crippen molar-refractivity contribution in [2.45, 2.75) is 80.6 Å². The molecule has 2 aliphatic rings. The van der Waals surface area contributed by atoms with Crippen LogP contribution in [0.25, 0.3) is 0 Å². The number of allylic oxidation sites excluding steroid dienone is 21. The van der Waals surface area contributed by atoms with E-state index in [-0.39, 0.29) is 23.8 Å². The van der Waals surface area contributed by atoms with Gasteiger partial charge in [0.15, 0.2) is 0 Å².